The summed E-state index contributed by atoms with van der Waals surface area (Å²) in [6.07, 6.45) is 2.54. The highest BCUT2D eigenvalue weighted by atomic mass is 16.5. The fourth-order valence-corrected chi connectivity index (χ4v) is 1.17. The van der Waals surface area contributed by atoms with Crippen LogP contribution in [-0.4, -0.2) is 17.1 Å². The molecule has 0 amide bonds. The van der Waals surface area contributed by atoms with E-state index in [0.717, 1.165) is 17.7 Å². The molecule has 1 rings (SSSR count). The van der Waals surface area contributed by atoms with Crippen LogP contribution in [0.5, 0.6) is 5.88 Å². The van der Waals surface area contributed by atoms with Gasteiger partial charge in [-0.05, 0) is 6.42 Å². The van der Waals surface area contributed by atoms with E-state index in [9.17, 15) is 0 Å². The maximum absolute atomic E-state index is 8.60. The van der Waals surface area contributed by atoms with Crippen LogP contribution in [0, 0.1) is 11.3 Å². The molecule has 0 bridgehead atoms. The number of aryl methyl sites for hydroxylation is 1. The van der Waals surface area contributed by atoms with Crippen molar-refractivity contribution in [2.24, 2.45) is 0 Å². The first-order valence-corrected chi connectivity index (χ1v) is 4.07. The minimum Gasteiger partial charge on any atom is -0.481 e. The standard InChI is InChI=1S/C9H11N3O/c1-3-8-7(4-5-10)9(13-2)12-6-11-8/h6H,3-4H2,1-2H3. The van der Waals surface area contributed by atoms with Crippen LogP contribution in [0.1, 0.15) is 18.2 Å². The molecule has 4 nitrogen and oxygen atoms in total. The fourth-order valence-electron chi connectivity index (χ4n) is 1.17. The van der Waals surface area contributed by atoms with Gasteiger partial charge in [0.1, 0.15) is 6.33 Å². The lowest BCUT2D eigenvalue weighted by molar-refractivity contribution is 0.391. The summed E-state index contributed by atoms with van der Waals surface area (Å²) in [5.41, 5.74) is 1.68. The maximum atomic E-state index is 8.60. The molecule has 0 saturated heterocycles. The zero-order chi connectivity index (χ0) is 9.68. The number of methoxy groups -OCH3 is 1. The van der Waals surface area contributed by atoms with Gasteiger partial charge in [-0.25, -0.2) is 9.97 Å². The van der Waals surface area contributed by atoms with Gasteiger partial charge in [0.2, 0.25) is 5.88 Å². The molecule has 13 heavy (non-hydrogen) atoms. The monoisotopic (exact) mass is 177 g/mol. The van der Waals surface area contributed by atoms with Gasteiger partial charge in [-0.3, -0.25) is 0 Å². The molecule has 0 N–H and O–H groups in total. The first-order valence-electron chi connectivity index (χ1n) is 4.07. The molecule has 0 unspecified atom stereocenters. The molecular formula is C9H11N3O. The molecule has 0 radical (unpaired) electrons. The second-order valence-corrected chi connectivity index (χ2v) is 2.50. The van der Waals surface area contributed by atoms with E-state index in [-0.39, 0.29) is 0 Å². The van der Waals surface area contributed by atoms with Crippen molar-refractivity contribution < 1.29 is 4.74 Å². The Morgan fingerprint density at radius 1 is 1.54 bits per heavy atom. The number of hydrogen-bond acceptors (Lipinski definition) is 4. The highest BCUT2D eigenvalue weighted by Crippen LogP contribution is 2.17. The molecule has 1 aromatic heterocycles. The van der Waals surface area contributed by atoms with Crippen molar-refractivity contribution >= 4 is 0 Å². The topological polar surface area (TPSA) is 58.8 Å². The Kier molecular flexibility index (Phi) is 3.21. The third-order valence-electron chi connectivity index (χ3n) is 1.78. The van der Waals surface area contributed by atoms with Gasteiger partial charge in [0.15, 0.2) is 0 Å². The molecule has 0 aliphatic carbocycles. The van der Waals surface area contributed by atoms with E-state index in [2.05, 4.69) is 16.0 Å². The molecule has 0 aromatic carbocycles. The van der Waals surface area contributed by atoms with E-state index in [0.29, 0.717) is 12.3 Å². The minimum atomic E-state index is 0.299. The van der Waals surface area contributed by atoms with E-state index in [4.69, 9.17) is 10.00 Å². The van der Waals surface area contributed by atoms with Crippen molar-refractivity contribution in [2.45, 2.75) is 19.8 Å². The van der Waals surface area contributed by atoms with Gasteiger partial charge >= 0.3 is 0 Å². The zero-order valence-electron chi connectivity index (χ0n) is 7.74. The first kappa shape index (κ1) is 9.46. The molecular weight excluding hydrogens is 166 g/mol. The zero-order valence-corrected chi connectivity index (χ0v) is 7.74. The molecule has 0 aliphatic rings. The summed E-state index contributed by atoms with van der Waals surface area (Å²) in [5, 5.41) is 8.60. The van der Waals surface area contributed by atoms with Crippen LogP contribution < -0.4 is 4.74 Å². The minimum absolute atomic E-state index is 0.299. The van der Waals surface area contributed by atoms with Crippen LogP contribution in [0.3, 0.4) is 0 Å². The molecule has 68 valence electrons. The van der Waals surface area contributed by atoms with Crippen molar-refractivity contribution in [3.05, 3.63) is 17.6 Å². The van der Waals surface area contributed by atoms with Crippen molar-refractivity contribution in [1.29, 1.82) is 5.26 Å². The predicted octanol–water partition coefficient (Wildman–Crippen LogP) is 1.11. The highest BCUT2D eigenvalue weighted by molar-refractivity contribution is 5.32. The SMILES string of the molecule is CCc1ncnc(OC)c1CC#N. The lowest BCUT2D eigenvalue weighted by Gasteiger charge is -2.06. The van der Waals surface area contributed by atoms with E-state index >= 15 is 0 Å². The Bertz CT molecular complexity index is 308. The van der Waals surface area contributed by atoms with Crippen LogP contribution in [0.4, 0.5) is 0 Å². The van der Waals surface area contributed by atoms with Gasteiger partial charge in [0.25, 0.3) is 0 Å². The largest absolute Gasteiger partial charge is 0.481 e. The van der Waals surface area contributed by atoms with Crippen LogP contribution in [0.2, 0.25) is 0 Å². The number of nitriles is 1. The summed E-state index contributed by atoms with van der Waals surface area (Å²) in [7, 11) is 1.54. The van der Waals surface area contributed by atoms with E-state index in [1.165, 1.54) is 6.33 Å². The lowest BCUT2D eigenvalue weighted by atomic mass is 10.1. The molecule has 4 heteroatoms. The second-order valence-electron chi connectivity index (χ2n) is 2.50. The third-order valence-corrected chi connectivity index (χ3v) is 1.78. The lowest BCUT2D eigenvalue weighted by Crippen LogP contribution is -2.01. The van der Waals surface area contributed by atoms with E-state index in [1.807, 2.05) is 6.92 Å². The van der Waals surface area contributed by atoms with Crippen LogP contribution in [-0.2, 0) is 12.8 Å². The van der Waals surface area contributed by atoms with Crippen molar-refractivity contribution in [2.75, 3.05) is 7.11 Å². The Labute approximate surface area is 77.2 Å². The Morgan fingerprint density at radius 2 is 2.31 bits per heavy atom. The Hall–Kier alpha value is -1.63. The summed E-state index contributed by atoms with van der Waals surface area (Å²) in [4.78, 5) is 8.02. The number of aromatic nitrogens is 2. The van der Waals surface area contributed by atoms with E-state index in [1.54, 1.807) is 7.11 Å². The normalized spacial score (nSPS) is 9.31. The summed E-state index contributed by atoms with van der Waals surface area (Å²) in [5.74, 6) is 0.508. The summed E-state index contributed by atoms with van der Waals surface area (Å²) in [6.45, 7) is 1.99. The number of ether oxygens (including phenoxy) is 1. The van der Waals surface area contributed by atoms with Crippen LogP contribution in [0.15, 0.2) is 6.33 Å². The molecule has 0 atom stereocenters. The summed E-state index contributed by atoms with van der Waals surface area (Å²) >= 11 is 0. The first-order chi connectivity index (χ1) is 6.33. The quantitative estimate of drug-likeness (QED) is 0.694. The van der Waals surface area contributed by atoms with E-state index < -0.39 is 0 Å². The average molecular weight is 177 g/mol. The van der Waals surface area contributed by atoms with Gasteiger partial charge in [-0.1, -0.05) is 6.92 Å². The van der Waals surface area contributed by atoms with Gasteiger partial charge in [-0.15, -0.1) is 0 Å². The fraction of sp³-hybridized carbons (Fsp3) is 0.444. The van der Waals surface area contributed by atoms with Crippen LogP contribution >= 0.6 is 0 Å². The van der Waals surface area contributed by atoms with Crippen molar-refractivity contribution in [3.63, 3.8) is 0 Å². The van der Waals surface area contributed by atoms with Gasteiger partial charge in [0, 0.05) is 5.56 Å². The predicted molar refractivity (Wildman–Crippen MR) is 47.3 cm³/mol. The van der Waals surface area contributed by atoms with Crippen molar-refractivity contribution in [1.82, 2.24) is 9.97 Å². The highest BCUT2D eigenvalue weighted by Gasteiger charge is 2.09. The van der Waals surface area contributed by atoms with Crippen molar-refractivity contribution in [3.8, 4) is 11.9 Å². The Morgan fingerprint density at radius 3 is 2.85 bits per heavy atom. The van der Waals surface area contributed by atoms with Gasteiger partial charge in [0.05, 0.1) is 25.3 Å². The molecule has 0 saturated carbocycles. The number of nitrogens with zero attached hydrogens (tertiary/aromatic N) is 3. The number of hydrogen-bond donors (Lipinski definition) is 0. The van der Waals surface area contributed by atoms with Gasteiger partial charge < -0.3 is 4.74 Å². The maximum Gasteiger partial charge on any atom is 0.220 e. The third kappa shape index (κ3) is 1.94. The second kappa shape index (κ2) is 4.41. The molecule has 0 aliphatic heterocycles. The van der Waals surface area contributed by atoms with Gasteiger partial charge in [-0.2, -0.15) is 5.26 Å². The smallest absolute Gasteiger partial charge is 0.220 e. The average Bonchev–Trinajstić information content (AvgIpc) is 2.18. The molecule has 0 spiro atoms. The Balaban J connectivity index is 3.14. The van der Waals surface area contributed by atoms with Crippen LogP contribution in [0.25, 0.3) is 0 Å². The molecule has 0 fully saturated rings. The molecule has 1 heterocycles. The molecule has 1 aromatic rings. The summed E-state index contributed by atoms with van der Waals surface area (Å²) < 4.78 is 5.04. The summed E-state index contributed by atoms with van der Waals surface area (Å²) in [6, 6.07) is 2.07. The number of rotatable bonds is 3.